The molecule has 0 spiro atoms. The molecule has 2 aromatic carbocycles. The fourth-order valence-electron chi connectivity index (χ4n) is 1.41. The van der Waals surface area contributed by atoms with Crippen LogP contribution in [0.5, 0.6) is 0 Å². The average Bonchev–Trinajstić information content (AvgIpc) is 2.33. The molecule has 0 saturated heterocycles. The van der Waals surface area contributed by atoms with Gasteiger partial charge in [0, 0.05) is 19.8 Å². The number of ketones is 1. The molecule has 2 rings (SSSR count). The summed E-state index contributed by atoms with van der Waals surface area (Å²) in [6.45, 7) is 1.58. The Morgan fingerprint density at radius 1 is 1.06 bits per heavy atom. The van der Waals surface area contributed by atoms with E-state index in [2.05, 4.69) is 22.0 Å². The third-order valence-corrected chi connectivity index (χ3v) is 4.36. The summed E-state index contributed by atoms with van der Waals surface area (Å²) in [6, 6.07) is 15.8. The first-order chi connectivity index (χ1) is 8.16. The van der Waals surface area contributed by atoms with E-state index in [0.717, 1.165) is 14.9 Å². The van der Waals surface area contributed by atoms with Crippen molar-refractivity contribution < 1.29 is 4.79 Å². The summed E-state index contributed by atoms with van der Waals surface area (Å²) in [7, 11) is 0. The predicted octanol–water partition coefficient (Wildman–Crippen LogP) is 4.80. The Morgan fingerprint density at radius 3 is 2.29 bits per heavy atom. The topological polar surface area (TPSA) is 17.1 Å². The standard InChI is InChI=1S/C14H11BrOS/c1-10(16)11-6-8-12(9-7-11)17-14-5-3-2-4-13(14)15/h2-9H,1H3. The van der Waals surface area contributed by atoms with Gasteiger partial charge in [-0.2, -0.15) is 0 Å². The van der Waals surface area contributed by atoms with Crippen LogP contribution in [0.15, 0.2) is 62.8 Å². The van der Waals surface area contributed by atoms with Crippen molar-refractivity contribution in [1.29, 1.82) is 0 Å². The van der Waals surface area contributed by atoms with E-state index in [1.807, 2.05) is 42.5 Å². The van der Waals surface area contributed by atoms with Crippen LogP contribution in [-0.4, -0.2) is 5.78 Å². The number of Topliss-reactive ketones (excluding diaryl/α,β-unsaturated/α-hetero) is 1. The molecule has 0 bridgehead atoms. The molecule has 2 aromatic rings. The van der Waals surface area contributed by atoms with Gasteiger partial charge in [0.1, 0.15) is 0 Å². The first-order valence-corrected chi connectivity index (χ1v) is 6.81. The zero-order valence-corrected chi connectivity index (χ0v) is 11.7. The van der Waals surface area contributed by atoms with Gasteiger partial charge in [-0.15, -0.1) is 0 Å². The van der Waals surface area contributed by atoms with E-state index >= 15 is 0 Å². The van der Waals surface area contributed by atoms with Crippen molar-refractivity contribution in [3.8, 4) is 0 Å². The summed E-state index contributed by atoms with van der Waals surface area (Å²) >= 11 is 5.19. The Labute approximate surface area is 113 Å². The third kappa shape index (κ3) is 3.20. The molecule has 0 heterocycles. The zero-order valence-electron chi connectivity index (χ0n) is 9.31. The molecule has 0 aliphatic rings. The van der Waals surface area contributed by atoms with Crippen LogP contribution in [0.4, 0.5) is 0 Å². The highest BCUT2D eigenvalue weighted by molar-refractivity contribution is 9.10. The highest BCUT2D eigenvalue weighted by Crippen LogP contribution is 2.33. The molecular weight excluding hydrogens is 296 g/mol. The molecule has 0 amide bonds. The predicted molar refractivity (Wildman–Crippen MR) is 74.7 cm³/mol. The quantitative estimate of drug-likeness (QED) is 0.757. The lowest BCUT2D eigenvalue weighted by Gasteiger charge is -2.04. The minimum absolute atomic E-state index is 0.0995. The van der Waals surface area contributed by atoms with Gasteiger partial charge < -0.3 is 0 Å². The van der Waals surface area contributed by atoms with Gasteiger partial charge in [-0.3, -0.25) is 4.79 Å². The maximum absolute atomic E-state index is 11.2. The van der Waals surface area contributed by atoms with Gasteiger partial charge in [-0.1, -0.05) is 36.0 Å². The van der Waals surface area contributed by atoms with Gasteiger partial charge in [-0.25, -0.2) is 0 Å². The van der Waals surface area contributed by atoms with Crippen molar-refractivity contribution in [1.82, 2.24) is 0 Å². The Morgan fingerprint density at radius 2 is 1.71 bits per heavy atom. The maximum Gasteiger partial charge on any atom is 0.159 e. The number of benzene rings is 2. The van der Waals surface area contributed by atoms with Crippen LogP contribution in [0, 0.1) is 0 Å². The molecule has 0 radical (unpaired) electrons. The molecule has 0 saturated carbocycles. The number of carbonyl (C=O) groups excluding carboxylic acids is 1. The van der Waals surface area contributed by atoms with E-state index in [1.54, 1.807) is 18.7 Å². The molecule has 0 atom stereocenters. The molecule has 1 nitrogen and oxygen atoms in total. The summed E-state index contributed by atoms with van der Waals surface area (Å²) < 4.78 is 1.08. The number of hydrogen-bond acceptors (Lipinski definition) is 2. The average molecular weight is 307 g/mol. The van der Waals surface area contributed by atoms with E-state index in [-0.39, 0.29) is 5.78 Å². The summed E-state index contributed by atoms with van der Waals surface area (Å²) in [5, 5.41) is 0. The zero-order chi connectivity index (χ0) is 12.3. The molecule has 3 heteroatoms. The molecule has 0 aliphatic carbocycles. The lowest BCUT2D eigenvalue weighted by Crippen LogP contribution is -1.90. The maximum atomic E-state index is 11.2. The van der Waals surface area contributed by atoms with Crippen LogP contribution in [0.25, 0.3) is 0 Å². The van der Waals surface area contributed by atoms with Crippen LogP contribution in [0.2, 0.25) is 0 Å². The molecule has 0 unspecified atom stereocenters. The van der Waals surface area contributed by atoms with Gasteiger partial charge in [0.2, 0.25) is 0 Å². The molecule has 0 N–H and O–H groups in total. The number of rotatable bonds is 3. The Kier molecular flexibility index (Phi) is 4.02. The Balaban J connectivity index is 2.20. The van der Waals surface area contributed by atoms with Gasteiger partial charge in [0.05, 0.1) is 0 Å². The first kappa shape index (κ1) is 12.4. The fourth-order valence-corrected chi connectivity index (χ4v) is 2.78. The Bertz CT molecular complexity index is 534. The van der Waals surface area contributed by atoms with Crippen LogP contribution >= 0.6 is 27.7 Å². The second kappa shape index (κ2) is 5.52. The normalized spacial score (nSPS) is 10.2. The summed E-state index contributed by atoms with van der Waals surface area (Å²) in [4.78, 5) is 13.5. The van der Waals surface area contributed by atoms with Crippen molar-refractivity contribution in [3.63, 3.8) is 0 Å². The number of hydrogen-bond donors (Lipinski definition) is 0. The van der Waals surface area contributed by atoms with E-state index in [0.29, 0.717) is 0 Å². The lowest BCUT2D eigenvalue weighted by atomic mass is 10.2. The van der Waals surface area contributed by atoms with Gasteiger partial charge >= 0.3 is 0 Å². The van der Waals surface area contributed by atoms with E-state index in [1.165, 1.54) is 4.90 Å². The van der Waals surface area contributed by atoms with Gasteiger partial charge in [0.25, 0.3) is 0 Å². The summed E-state index contributed by atoms with van der Waals surface area (Å²) in [5.41, 5.74) is 0.751. The molecule has 0 aromatic heterocycles. The van der Waals surface area contributed by atoms with Crippen molar-refractivity contribution in [2.45, 2.75) is 16.7 Å². The Hall–Kier alpha value is -1.06. The number of halogens is 1. The SMILES string of the molecule is CC(=O)c1ccc(Sc2ccccc2Br)cc1. The van der Waals surface area contributed by atoms with Crippen LogP contribution in [-0.2, 0) is 0 Å². The lowest BCUT2D eigenvalue weighted by molar-refractivity contribution is 0.101. The van der Waals surface area contributed by atoms with Crippen LogP contribution in [0.3, 0.4) is 0 Å². The molecule has 86 valence electrons. The molecular formula is C14H11BrOS. The van der Waals surface area contributed by atoms with Crippen molar-refractivity contribution in [2.75, 3.05) is 0 Å². The second-order valence-electron chi connectivity index (χ2n) is 3.61. The second-order valence-corrected chi connectivity index (χ2v) is 5.58. The summed E-state index contributed by atoms with van der Waals surface area (Å²) in [5.74, 6) is 0.0995. The van der Waals surface area contributed by atoms with Crippen LogP contribution in [0.1, 0.15) is 17.3 Å². The molecule has 0 fully saturated rings. The minimum atomic E-state index is 0.0995. The fraction of sp³-hybridized carbons (Fsp3) is 0.0714. The van der Waals surface area contributed by atoms with Crippen molar-refractivity contribution in [3.05, 3.63) is 58.6 Å². The first-order valence-electron chi connectivity index (χ1n) is 5.20. The van der Waals surface area contributed by atoms with Crippen molar-refractivity contribution >= 4 is 33.5 Å². The smallest absolute Gasteiger partial charge is 0.159 e. The molecule has 17 heavy (non-hydrogen) atoms. The van der Waals surface area contributed by atoms with Gasteiger partial charge in [-0.05, 0) is 47.1 Å². The highest BCUT2D eigenvalue weighted by Gasteiger charge is 2.03. The van der Waals surface area contributed by atoms with Gasteiger partial charge in [0.15, 0.2) is 5.78 Å². The van der Waals surface area contributed by atoms with E-state index in [9.17, 15) is 4.79 Å². The van der Waals surface area contributed by atoms with Crippen molar-refractivity contribution in [2.24, 2.45) is 0 Å². The van der Waals surface area contributed by atoms with E-state index < -0.39 is 0 Å². The minimum Gasteiger partial charge on any atom is -0.295 e. The molecule has 0 aliphatic heterocycles. The van der Waals surface area contributed by atoms with Crippen LogP contribution < -0.4 is 0 Å². The third-order valence-electron chi connectivity index (χ3n) is 2.33. The highest BCUT2D eigenvalue weighted by atomic mass is 79.9. The monoisotopic (exact) mass is 306 g/mol. The number of carbonyl (C=O) groups is 1. The van der Waals surface area contributed by atoms with E-state index in [4.69, 9.17) is 0 Å². The summed E-state index contributed by atoms with van der Waals surface area (Å²) in [6.07, 6.45) is 0. The largest absolute Gasteiger partial charge is 0.295 e.